The Kier molecular flexibility index (Phi) is 14.9. The fraction of sp³-hybridized carbons (Fsp3) is 0.636. The zero-order valence-corrected chi connectivity index (χ0v) is 27.1. The number of primary amides is 2. The van der Waals surface area contributed by atoms with E-state index in [9.17, 15) is 28.8 Å². The Balaban J connectivity index is 1.88. The van der Waals surface area contributed by atoms with Crippen LogP contribution < -0.4 is 32.7 Å². The van der Waals surface area contributed by atoms with Crippen molar-refractivity contribution < 1.29 is 28.8 Å². The number of rotatable bonds is 13. The van der Waals surface area contributed by atoms with Gasteiger partial charge in [0.25, 0.3) is 0 Å². The number of hydrogen-bond acceptors (Lipinski definition) is 10. The molecule has 3 amide bonds. The normalized spacial score (nSPS) is 26.2. The molecule has 0 aromatic heterocycles. The first-order valence-electron chi connectivity index (χ1n) is 16.4. The zero-order chi connectivity index (χ0) is 33.6. The van der Waals surface area contributed by atoms with Crippen LogP contribution in [0.3, 0.4) is 0 Å². The van der Waals surface area contributed by atoms with Crippen molar-refractivity contribution >= 4 is 35.1 Å². The smallest absolute Gasteiger partial charge is 0.238 e. The first kappa shape index (κ1) is 36.9. The van der Waals surface area contributed by atoms with Crippen molar-refractivity contribution in [2.24, 2.45) is 17.4 Å². The van der Waals surface area contributed by atoms with Gasteiger partial charge in [-0.25, -0.2) is 0 Å². The molecule has 0 bridgehead atoms. The van der Waals surface area contributed by atoms with Crippen LogP contribution in [0.25, 0.3) is 0 Å². The molecule has 254 valence electrons. The van der Waals surface area contributed by atoms with E-state index in [4.69, 9.17) is 11.5 Å². The summed E-state index contributed by atoms with van der Waals surface area (Å²) in [6.07, 6.45) is 3.11. The van der Waals surface area contributed by atoms with E-state index in [-0.39, 0.29) is 61.7 Å². The molecule has 1 aromatic rings. The topological polar surface area (TPSA) is 206 Å². The summed E-state index contributed by atoms with van der Waals surface area (Å²) in [5.74, 6) is -2.30. The van der Waals surface area contributed by atoms with Gasteiger partial charge in [-0.3, -0.25) is 39.0 Å². The van der Waals surface area contributed by atoms with Crippen LogP contribution in [0, 0.1) is 5.92 Å². The van der Waals surface area contributed by atoms with Gasteiger partial charge in [-0.15, -0.1) is 0 Å². The molecule has 13 heteroatoms. The van der Waals surface area contributed by atoms with Crippen molar-refractivity contribution in [3.63, 3.8) is 0 Å². The van der Waals surface area contributed by atoms with Gasteiger partial charge in [-0.2, -0.15) is 0 Å². The van der Waals surface area contributed by atoms with Gasteiger partial charge in [0, 0.05) is 19.4 Å². The second-order valence-electron chi connectivity index (χ2n) is 12.5. The summed E-state index contributed by atoms with van der Waals surface area (Å²) in [4.78, 5) is 79.7. The lowest BCUT2D eigenvalue weighted by molar-refractivity contribution is -0.133. The first-order valence-corrected chi connectivity index (χ1v) is 16.4. The third kappa shape index (κ3) is 11.1. The monoisotopic (exact) mass is 641 g/mol. The number of amides is 3. The Hall–Kier alpha value is -3.52. The predicted octanol–water partition coefficient (Wildman–Crippen LogP) is -0.649. The highest BCUT2D eigenvalue weighted by Crippen LogP contribution is 2.26. The van der Waals surface area contributed by atoms with Crippen molar-refractivity contribution in [3.8, 4) is 0 Å². The van der Waals surface area contributed by atoms with Crippen LogP contribution in [0.5, 0.6) is 0 Å². The zero-order valence-electron chi connectivity index (χ0n) is 27.1. The summed E-state index contributed by atoms with van der Waals surface area (Å²) >= 11 is 0. The van der Waals surface area contributed by atoms with Gasteiger partial charge in [0.05, 0.1) is 43.3 Å². The van der Waals surface area contributed by atoms with Crippen LogP contribution in [0.4, 0.5) is 0 Å². The number of carbonyl (C=O) groups is 6. The lowest BCUT2D eigenvalue weighted by atomic mass is 9.92. The number of ketones is 3. The Bertz CT molecular complexity index is 1210. The molecule has 1 unspecified atom stereocenters. The van der Waals surface area contributed by atoms with Crippen LogP contribution in [0.2, 0.25) is 0 Å². The fourth-order valence-corrected chi connectivity index (χ4v) is 6.32. The van der Waals surface area contributed by atoms with Crippen LogP contribution in [-0.4, -0.2) is 103 Å². The van der Waals surface area contributed by atoms with E-state index in [0.717, 1.165) is 12.0 Å². The summed E-state index contributed by atoms with van der Waals surface area (Å²) in [5, 5.41) is 12.2. The first-order chi connectivity index (χ1) is 22.0. The third-order valence-corrected chi connectivity index (χ3v) is 9.02. The second kappa shape index (κ2) is 18.6. The molecule has 1 aromatic carbocycles. The van der Waals surface area contributed by atoms with Gasteiger partial charge >= 0.3 is 0 Å². The van der Waals surface area contributed by atoms with Crippen molar-refractivity contribution in [1.29, 1.82) is 0 Å². The molecule has 0 saturated carbocycles. The minimum atomic E-state index is -1.03. The molecule has 2 aliphatic heterocycles. The molecule has 0 aliphatic carbocycles. The molecule has 8 N–H and O–H groups in total. The van der Waals surface area contributed by atoms with E-state index in [1.54, 1.807) is 0 Å². The third-order valence-electron chi connectivity index (χ3n) is 9.02. The molecule has 0 spiro atoms. The Labute approximate surface area is 271 Å². The maximum Gasteiger partial charge on any atom is 0.238 e. The number of likely N-dealkylation sites (tertiary alicyclic amines) is 1. The summed E-state index contributed by atoms with van der Waals surface area (Å²) < 4.78 is 0. The standard InChI is InChI=1S/C33H51N7O6/c1-3-21(2)31-28(42)19-38-23(18-29(34)43)32(45)26(40-16-8-12-25(40)27(41)13-15-36-20-30(35)44)11-7-14-37-24(33(46)39-31)17-22-9-5-4-6-10-22/h4-6,9-10,21,23-26,31,36-38H,3,7-8,11-20H2,1-2H3,(H2,34,43)(H2,35,44)(H,39,46)/t21-,23-,24-,25-,26?,31-/m0/s1. The molecule has 6 atom stereocenters. The molecule has 3 rings (SSSR count). The number of nitrogens with zero attached hydrogens (tertiary/aromatic N) is 1. The van der Waals surface area contributed by atoms with E-state index in [0.29, 0.717) is 45.2 Å². The van der Waals surface area contributed by atoms with E-state index in [2.05, 4.69) is 21.3 Å². The van der Waals surface area contributed by atoms with E-state index < -0.39 is 42.0 Å². The minimum absolute atomic E-state index is 0.0316. The van der Waals surface area contributed by atoms with Gasteiger partial charge < -0.3 is 27.4 Å². The summed E-state index contributed by atoms with van der Waals surface area (Å²) in [6.45, 7) is 4.77. The molecular formula is C33H51N7O6. The summed E-state index contributed by atoms with van der Waals surface area (Å²) in [6, 6.07) is 5.98. The predicted molar refractivity (Wildman–Crippen MR) is 173 cm³/mol. The Morgan fingerprint density at radius 1 is 1.00 bits per heavy atom. The Morgan fingerprint density at radius 2 is 1.74 bits per heavy atom. The second-order valence-corrected chi connectivity index (χ2v) is 12.5. The van der Waals surface area contributed by atoms with Gasteiger partial charge in [0.15, 0.2) is 17.3 Å². The number of Topliss-reactive ketones (excluding diaryl/α,β-unsaturated/α-hetero) is 3. The van der Waals surface area contributed by atoms with Crippen molar-refractivity contribution in [3.05, 3.63) is 35.9 Å². The van der Waals surface area contributed by atoms with E-state index >= 15 is 0 Å². The SMILES string of the molecule is CC[C@H](C)[C@@H]1NC(=O)[C@H](Cc2ccccc2)NCCCC(N2CCC[C@H]2C(=O)CCNCC(N)=O)C(=O)[C@H](CC(N)=O)NCC1=O. The molecule has 2 saturated heterocycles. The van der Waals surface area contributed by atoms with Crippen LogP contribution in [-0.2, 0) is 35.2 Å². The Morgan fingerprint density at radius 3 is 2.41 bits per heavy atom. The number of hydrogen-bond donors (Lipinski definition) is 6. The number of benzene rings is 1. The quantitative estimate of drug-likeness (QED) is 0.150. The lowest BCUT2D eigenvalue weighted by Gasteiger charge is -2.34. The molecule has 2 fully saturated rings. The van der Waals surface area contributed by atoms with Gasteiger partial charge in [0.2, 0.25) is 17.7 Å². The number of carbonyl (C=O) groups excluding carboxylic acids is 6. The van der Waals surface area contributed by atoms with Crippen LogP contribution in [0.15, 0.2) is 30.3 Å². The molecular weight excluding hydrogens is 590 g/mol. The maximum absolute atomic E-state index is 14.2. The highest BCUT2D eigenvalue weighted by molar-refractivity contribution is 5.96. The highest BCUT2D eigenvalue weighted by atomic mass is 16.2. The molecule has 46 heavy (non-hydrogen) atoms. The maximum atomic E-state index is 14.2. The van der Waals surface area contributed by atoms with Crippen LogP contribution in [0.1, 0.15) is 64.4 Å². The molecule has 0 radical (unpaired) electrons. The molecule has 2 heterocycles. The largest absolute Gasteiger partial charge is 0.370 e. The van der Waals surface area contributed by atoms with Crippen molar-refractivity contribution in [2.75, 3.05) is 32.7 Å². The summed E-state index contributed by atoms with van der Waals surface area (Å²) in [7, 11) is 0. The van der Waals surface area contributed by atoms with Crippen molar-refractivity contribution in [1.82, 2.24) is 26.2 Å². The van der Waals surface area contributed by atoms with Gasteiger partial charge in [0.1, 0.15) is 0 Å². The molecule has 2 aliphatic rings. The van der Waals surface area contributed by atoms with Gasteiger partial charge in [-0.1, -0.05) is 50.6 Å². The highest BCUT2D eigenvalue weighted by Gasteiger charge is 2.41. The number of nitrogens with one attached hydrogen (secondary N) is 4. The average Bonchev–Trinajstić information content (AvgIpc) is 3.52. The van der Waals surface area contributed by atoms with E-state index in [1.807, 2.05) is 49.1 Å². The molecule has 13 nitrogen and oxygen atoms in total. The van der Waals surface area contributed by atoms with E-state index in [1.165, 1.54) is 0 Å². The summed E-state index contributed by atoms with van der Waals surface area (Å²) in [5.41, 5.74) is 11.7. The average molecular weight is 642 g/mol. The fourth-order valence-electron chi connectivity index (χ4n) is 6.32. The minimum Gasteiger partial charge on any atom is -0.370 e. The van der Waals surface area contributed by atoms with Crippen molar-refractivity contribution in [2.45, 2.75) is 95.4 Å². The van der Waals surface area contributed by atoms with Gasteiger partial charge in [-0.05, 0) is 56.7 Å². The lowest BCUT2D eigenvalue weighted by Crippen LogP contribution is -2.58. The number of nitrogens with two attached hydrogens (primary N) is 2. The van der Waals surface area contributed by atoms with Crippen LogP contribution >= 0.6 is 0 Å².